The van der Waals surface area contributed by atoms with Gasteiger partial charge in [-0.05, 0) is 38.0 Å². The van der Waals surface area contributed by atoms with E-state index in [4.69, 9.17) is 0 Å². The van der Waals surface area contributed by atoms with Crippen LogP contribution in [0.4, 0.5) is 9.93 Å². The Labute approximate surface area is 152 Å². The molecule has 3 heterocycles. The normalized spacial score (nSPS) is 27.0. The Bertz CT molecular complexity index is 645. The van der Waals surface area contributed by atoms with Crippen molar-refractivity contribution in [1.29, 1.82) is 0 Å². The van der Waals surface area contributed by atoms with Gasteiger partial charge in [0.15, 0.2) is 5.13 Å². The van der Waals surface area contributed by atoms with Gasteiger partial charge in [-0.15, -0.1) is 11.3 Å². The number of aromatic nitrogens is 1. The van der Waals surface area contributed by atoms with Gasteiger partial charge in [-0.3, -0.25) is 9.69 Å². The molecule has 6 nitrogen and oxygen atoms in total. The predicted molar refractivity (Wildman–Crippen MR) is 97.9 cm³/mol. The van der Waals surface area contributed by atoms with Gasteiger partial charge in [0.1, 0.15) is 0 Å². The van der Waals surface area contributed by atoms with Crippen LogP contribution >= 0.6 is 11.3 Å². The number of urea groups is 1. The molecule has 25 heavy (non-hydrogen) atoms. The molecule has 0 aromatic carbocycles. The molecule has 1 saturated carbocycles. The predicted octanol–water partition coefficient (Wildman–Crippen LogP) is 2.79. The number of hydrogen-bond donors (Lipinski definition) is 1. The van der Waals surface area contributed by atoms with Crippen LogP contribution in [0.2, 0.25) is 0 Å². The number of thiazole rings is 1. The minimum absolute atomic E-state index is 0.0837. The van der Waals surface area contributed by atoms with E-state index in [2.05, 4.69) is 15.2 Å². The minimum atomic E-state index is -0.0837. The molecule has 0 bridgehead atoms. The highest BCUT2D eigenvalue weighted by Gasteiger charge is 2.35. The summed E-state index contributed by atoms with van der Waals surface area (Å²) in [6.07, 6.45) is 8.69. The largest absolute Gasteiger partial charge is 0.339 e. The van der Waals surface area contributed by atoms with Gasteiger partial charge in [-0.25, -0.2) is 9.78 Å². The molecular weight excluding hydrogens is 336 g/mol. The molecule has 1 aliphatic carbocycles. The summed E-state index contributed by atoms with van der Waals surface area (Å²) >= 11 is 1.45. The van der Waals surface area contributed by atoms with Gasteiger partial charge in [0.25, 0.3) is 0 Å². The average molecular weight is 362 g/mol. The van der Waals surface area contributed by atoms with Gasteiger partial charge in [0, 0.05) is 31.1 Å². The van der Waals surface area contributed by atoms with Gasteiger partial charge in [-0.2, -0.15) is 0 Å². The van der Waals surface area contributed by atoms with Crippen LogP contribution < -0.4 is 10.2 Å². The van der Waals surface area contributed by atoms with Crippen molar-refractivity contribution in [2.45, 2.75) is 57.4 Å². The summed E-state index contributed by atoms with van der Waals surface area (Å²) < 4.78 is 0. The number of nitrogens with one attached hydrogen (secondary N) is 1. The lowest BCUT2D eigenvalue weighted by Crippen LogP contribution is -2.50. The Balaban J connectivity index is 1.41. The first-order valence-corrected chi connectivity index (χ1v) is 10.4. The number of likely N-dealkylation sites (tertiary alicyclic amines) is 1. The lowest BCUT2D eigenvalue weighted by Gasteiger charge is -2.44. The van der Waals surface area contributed by atoms with Crippen molar-refractivity contribution < 1.29 is 9.59 Å². The van der Waals surface area contributed by atoms with Gasteiger partial charge >= 0.3 is 6.03 Å². The molecule has 1 N–H and O–H groups in total. The van der Waals surface area contributed by atoms with Crippen LogP contribution in [0.3, 0.4) is 0 Å². The van der Waals surface area contributed by atoms with Crippen LogP contribution in [0.15, 0.2) is 5.38 Å². The van der Waals surface area contributed by atoms with E-state index in [-0.39, 0.29) is 11.9 Å². The molecular formula is C18H26N4O2S. The number of carbonyl (C=O) groups is 2. The number of amides is 3. The monoisotopic (exact) mass is 362 g/mol. The Morgan fingerprint density at radius 1 is 1.20 bits per heavy atom. The van der Waals surface area contributed by atoms with Crippen molar-refractivity contribution in [2.24, 2.45) is 5.92 Å². The van der Waals surface area contributed by atoms with Crippen molar-refractivity contribution in [2.75, 3.05) is 24.5 Å². The molecule has 136 valence electrons. The molecule has 1 aromatic heterocycles. The van der Waals surface area contributed by atoms with Crippen LogP contribution in [0.5, 0.6) is 0 Å². The molecule has 2 atom stereocenters. The molecule has 3 aliphatic rings. The average Bonchev–Trinajstić information content (AvgIpc) is 3.09. The summed E-state index contributed by atoms with van der Waals surface area (Å²) in [6, 6.07) is 0.362. The van der Waals surface area contributed by atoms with Crippen LogP contribution in [-0.2, 0) is 11.2 Å². The summed E-state index contributed by atoms with van der Waals surface area (Å²) in [5.41, 5.74) is 0.793. The van der Waals surface area contributed by atoms with Crippen molar-refractivity contribution >= 4 is 28.4 Å². The number of piperidine rings is 1. The third-order valence-electron chi connectivity index (χ3n) is 5.75. The van der Waals surface area contributed by atoms with E-state index in [1.54, 1.807) is 4.90 Å². The Morgan fingerprint density at radius 2 is 2.04 bits per heavy atom. The third-order valence-corrected chi connectivity index (χ3v) is 6.66. The second kappa shape index (κ2) is 7.32. The van der Waals surface area contributed by atoms with Crippen LogP contribution in [0, 0.1) is 5.92 Å². The molecule has 0 spiro atoms. The lowest BCUT2D eigenvalue weighted by molar-refractivity contribution is -0.136. The van der Waals surface area contributed by atoms with E-state index < -0.39 is 0 Å². The molecule has 2 aliphatic heterocycles. The highest BCUT2D eigenvalue weighted by molar-refractivity contribution is 7.14. The van der Waals surface area contributed by atoms with Gasteiger partial charge in [0.2, 0.25) is 5.91 Å². The maximum Gasteiger partial charge on any atom is 0.323 e. The summed E-state index contributed by atoms with van der Waals surface area (Å²) in [5, 5.41) is 5.47. The number of anilines is 1. The quantitative estimate of drug-likeness (QED) is 0.899. The zero-order valence-electron chi connectivity index (χ0n) is 14.6. The third kappa shape index (κ3) is 3.52. The molecule has 3 amide bonds. The van der Waals surface area contributed by atoms with Crippen LogP contribution in [0.25, 0.3) is 0 Å². The van der Waals surface area contributed by atoms with E-state index in [9.17, 15) is 9.59 Å². The zero-order chi connectivity index (χ0) is 17.2. The molecule has 2 saturated heterocycles. The second-order valence-corrected chi connectivity index (χ2v) is 8.21. The highest BCUT2D eigenvalue weighted by atomic mass is 32.1. The molecule has 4 rings (SSSR count). The van der Waals surface area contributed by atoms with E-state index in [1.165, 1.54) is 37.0 Å². The summed E-state index contributed by atoms with van der Waals surface area (Å²) in [6.45, 7) is 2.32. The fraction of sp³-hybridized carbons (Fsp3) is 0.722. The summed E-state index contributed by atoms with van der Waals surface area (Å²) in [5.74, 6) is 0.908. The van der Waals surface area contributed by atoms with Crippen molar-refractivity contribution in [3.8, 4) is 0 Å². The zero-order valence-corrected chi connectivity index (χ0v) is 15.4. The van der Waals surface area contributed by atoms with E-state index >= 15 is 0 Å². The first-order valence-electron chi connectivity index (χ1n) is 9.51. The first-order chi connectivity index (χ1) is 12.2. The Kier molecular flexibility index (Phi) is 4.92. The molecule has 3 fully saturated rings. The summed E-state index contributed by atoms with van der Waals surface area (Å²) in [7, 11) is 0. The number of rotatable bonds is 3. The van der Waals surface area contributed by atoms with Crippen molar-refractivity contribution in [1.82, 2.24) is 15.2 Å². The lowest BCUT2D eigenvalue weighted by atomic mass is 9.78. The maximum absolute atomic E-state index is 12.9. The van der Waals surface area contributed by atoms with E-state index in [0.29, 0.717) is 30.1 Å². The smallest absolute Gasteiger partial charge is 0.323 e. The molecule has 0 radical (unpaired) electrons. The van der Waals surface area contributed by atoms with E-state index in [1.807, 2.05) is 5.38 Å². The van der Waals surface area contributed by atoms with Crippen molar-refractivity contribution in [3.05, 3.63) is 11.1 Å². The van der Waals surface area contributed by atoms with Gasteiger partial charge < -0.3 is 10.2 Å². The minimum Gasteiger partial charge on any atom is -0.339 e. The van der Waals surface area contributed by atoms with Crippen LogP contribution in [0.1, 0.15) is 50.6 Å². The van der Waals surface area contributed by atoms with Gasteiger partial charge in [-0.1, -0.05) is 12.8 Å². The Morgan fingerprint density at radius 3 is 2.92 bits per heavy atom. The fourth-order valence-corrected chi connectivity index (χ4v) is 5.35. The maximum atomic E-state index is 12.9. The molecule has 7 heteroatoms. The number of nitrogens with zero attached hydrogens (tertiary/aromatic N) is 3. The number of fused-ring (bicyclic) bond motifs is 1. The SMILES string of the molecule is O=C1NCCCN1c1nc(CC(=O)N2CCC[C@H]3CCCC[C@@H]32)cs1. The fourth-order valence-electron chi connectivity index (χ4n) is 4.50. The number of carbonyl (C=O) groups excluding carboxylic acids is 2. The molecule has 1 aromatic rings. The number of hydrogen-bond acceptors (Lipinski definition) is 4. The Hall–Kier alpha value is -1.63. The van der Waals surface area contributed by atoms with Crippen LogP contribution in [-0.4, -0.2) is 47.5 Å². The van der Waals surface area contributed by atoms with E-state index in [0.717, 1.165) is 38.0 Å². The highest BCUT2D eigenvalue weighted by Crippen LogP contribution is 2.35. The van der Waals surface area contributed by atoms with Gasteiger partial charge in [0.05, 0.1) is 12.1 Å². The standard InChI is InChI=1S/C18H26N4O2S/c23-16(21-9-3-6-13-5-1-2-7-15(13)21)11-14-12-25-18(20-14)22-10-4-8-19-17(22)24/h12-13,15H,1-11H2,(H,19,24)/t13-,15+/m1/s1. The summed E-state index contributed by atoms with van der Waals surface area (Å²) in [4.78, 5) is 33.2. The topological polar surface area (TPSA) is 65.5 Å². The second-order valence-electron chi connectivity index (χ2n) is 7.38. The first kappa shape index (κ1) is 16.8. The van der Waals surface area contributed by atoms with Crippen molar-refractivity contribution in [3.63, 3.8) is 0 Å². The molecule has 0 unspecified atom stereocenters.